The lowest BCUT2D eigenvalue weighted by atomic mass is 10.1. The van der Waals surface area contributed by atoms with Gasteiger partial charge in [-0.15, -0.1) is 0 Å². The van der Waals surface area contributed by atoms with Crippen LogP contribution in [0.5, 0.6) is 0 Å². The predicted molar refractivity (Wildman–Crippen MR) is 70.8 cm³/mol. The van der Waals surface area contributed by atoms with E-state index >= 15 is 0 Å². The second-order valence-electron chi connectivity index (χ2n) is 3.97. The van der Waals surface area contributed by atoms with Gasteiger partial charge < -0.3 is 4.90 Å². The molecule has 0 aliphatic heterocycles. The van der Waals surface area contributed by atoms with E-state index in [2.05, 4.69) is 43.1 Å². The summed E-state index contributed by atoms with van der Waals surface area (Å²) in [6.07, 6.45) is 1.61. The summed E-state index contributed by atoms with van der Waals surface area (Å²) in [6, 6.07) is 8.41. The second kappa shape index (κ2) is 4.56. The number of nitriles is 1. The minimum atomic E-state index is 0.636. The summed E-state index contributed by atoms with van der Waals surface area (Å²) in [7, 11) is 1.97. The molecule has 0 N–H and O–H groups in total. The van der Waals surface area contributed by atoms with Crippen molar-refractivity contribution in [2.45, 2.75) is 13.8 Å². The number of hydrogen-bond acceptors (Lipinski definition) is 4. The van der Waals surface area contributed by atoms with E-state index in [0.717, 1.165) is 10.8 Å². The zero-order valence-corrected chi connectivity index (χ0v) is 10.9. The van der Waals surface area contributed by atoms with Gasteiger partial charge in [-0.25, -0.2) is 4.98 Å². The molecular formula is C13H13N3S. The average molecular weight is 243 g/mol. The molecule has 2 rings (SSSR count). The Morgan fingerprint density at radius 1 is 1.35 bits per heavy atom. The molecule has 0 aliphatic carbocycles. The molecule has 4 heteroatoms. The Labute approximate surface area is 105 Å². The van der Waals surface area contributed by atoms with Crippen LogP contribution in [0.4, 0.5) is 10.8 Å². The number of thiazole rings is 1. The number of benzene rings is 1. The summed E-state index contributed by atoms with van der Waals surface area (Å²) in [6.45, 7) is 4.16. The Morgan fingerprint density at radius 2 is 2.12 bits per heavy atom. The fraction of sp³-hybridized carbons (Fsp3) is 0.231. The fourth-order valence-electron chi connectivity index (χ4n) is 1.76. The van der Waals surface area contributed by atoms with Crippen LogP contribution in [0.1, 0.15) is 16.0 Å². The van der Waals surface area contributed by atoms with E-state index in [0.29, 0.717) is 4.88 Å². The second-order valence-corrected chi connectivity index (χ2v) is 4.98. The molecule has 0 saturated heterocycles. The maximum absolute atomic E-state index is 8.80. The van der Waals surface area contributed by atoms with Gasteiger partial charge in [-0.05, 0) is 25.5 Å². The topological polar surface area (TPSA) is 39.9 Å². The van der Waals surface area contributed by atoms with Crippen LogP contribution >= 0.6 is 11.3 Å². The van der Waals surface area contributed by atoms with Gasteiger partial charge >= 0.3 is 0 Å². The van der Waals surface area contributed by atoms with Crippen LogP contribution in [0.3, 0.4) is 0 Å². The Bertz CT molecular complexity index is 581. The van der Waals surface area contributed by atoms with Crippen LogP contribution in [0.2, 0.25) is 0 Å². The first kappa shape index (κ1) is 11.6. The summed E-state index contributed by atoms with van der Waals surface area (Å²) in [5.74, 6) is 0. The van der Waals surface area contributed by atoms with Crippen molar-refractivity contribution in [2.75, 3.05) is 11.9 Å². The van der Waals surface area contributed by atoms with Crippen molar-refractivity contribution in [3.8, 4) is 6.07 Å². The van der Waals surface area contributed by atoms with Crippen molar-refractivity contribution in [3.05, 3.63) is 40.4 Å². The minimum absolute atomic E-state index is 0.636. The van der Waals surface area contributed by atoms with Gasteiger partial charge in [0, 0.05) is 12.7 Å². The lowest BCUT2D eigenvalue weighted by Gasteiger charge is -2.18. The third-order valence-corrected chi connectivity index (χ3v) is 3.58. The number of aromatic nitrogens is 1. The summed E-state index contributed by atoms with van der Waals surface area (Å²) in [4.78, 5) is 6.90. The Morgan fingerprint density at radius 3 is 2.71 bits per heavy atom. The standard InChI is InChI=1S/C13H13N3S/c1-9-4-5-12(10(2)6-9)16(3)13-15-8-11(7-14)17-13/h4-6,8H,1-3H3. The minimum Gasteiger partial charge on any atom is -0.321 e. The third-order valence-electron chi connectivity index (χ3n) is 2.60. The van der Waals surface area contributed by atoms with Crippen LogP contribution in [0.15, 0.2) is 24.4 Å². The Kier molecular flexibility index (Phi) is 3.12. The van der Waals surface area contributed by atoms with Gasteiger partial charge in [-0.1, -0.05) is 29.0 Å². The lowest BCUT2D eigenvalue weighted by molar-refractivity contribution is 1.15. The number of rotatable bonds is 2. The SMILES string of the molecule is Cc1ccc(N(C)c2ncc(C#N)s2)c(C)c1. The fourth-order valence-corrected chi connectivity index (χ4v) is 2.44. The van der Waals surface area contributed by atoms with Crippen LogP contribution in [0, 0.1) is 25.2 Å². The van der Waals surface area contributed by atoms with Crippen LogP contribution in [-0.2, 0) is 0 Å². The number of anilines is 2. The zero-order valence-electron chi connectivity index (χ0n) is 10.1. The molecule has 2 aromatic rings. The van der Waals surface area contributed by atoms with E-state index in [1.165, 1.54) is 22.5 Å². The quantitative estimate of drug-likeness (QED) is 0.811. The summed E-state index contributed by atoms with van der Waals surface area (Å²) < 4.78 is 0. The van der Waals surface area contributed by atoms with E-state index in [1.807, 2.05) is 11.9 Å². The largest absolute Gasteiger partial charge is 0.321 e. The first-order chi connectivity index (χ1) is 8.11. The highest BCUT2D eigenvalue weighted by atomic mass is 32.1. The highest BCUT2D eigenvalue weighted by Crippen LogP contribution is 2.30. The first-order valence-electron chi connectivity index (χ1n) is 5.28. The van der Waals surface area contributed by atoms with Crippen molar-refractivity contribution < 1.29 is 0 Å². The van der Waals surface area contributed by atoms with Gasteiger partial charge in [-0.3, -0.25) is 0 Å². The van der Waals surface area contributed by atoms with Crippen LogP contribution in [0.25, 0.3) is 0 Å². The molecule has 0 spiro atoms. The highest BCUT2D eigenvalue weighted by molar-refractivity contribution is 7.16. The van der Waals surface area contributed by atoms with Gasteiger partial charge in [0.15, 0.2) is 5.13 Å². The molecule has 3 nitrogen and oxygen atoms in total. The lowest BCUT2D eigenvalue weighted by Crippen LogP contribution is -2.10. The monoisotopic (exact) mass is 243 g/mol. The average Bonchev–Trinajstić information content (AvgIpc) is 2.76. The van der Waals surface area contributed by atoms with Crippen molar-refractivity contribution in [1.29, 1.82) is 5.26 Å². The van der Waals surface area contributed by atoms with Crippen molar-refractivity contribution >= 4 is 22.2 Å². The van der Waals surface area contributed by atoms with Crippen molar-refractivity contribution in [3.63, 3.8) is 0 Å². The number of nitrogens with zero attached hydrogens (tertiary/aromatic N) is 3. The molecule has 0 saturated carbocycles. The third kappa shape index (κ3) is 2.29. The number of hydrogen-bond donors (Lipinski definition) is 0. The molecule has 0 bridgehead atoms. The summed E-state index contributed by atoms with van der Waals surface area (Å²) >= 11 is 1.40. The van der Waals surface area contributed by atoms with E-state index < -0.39 is 0 Å². The van der Waals surface area contributed by atoms with E-state index in [1.54, 1.807) is 6.20 Å². The smallest absolute Gasteiger partial charge is 0.190 e. The number of aryl methyl sites for hydroxylation is 2. The molecule has 0 fully saturated rings. The van der Waals surface area contributed by atoms with Gasteiger partial charge in [0.1, 0.15) is 10.9 Å². The molecule has 1 heterocycles. The van der Waals surface area contributed by atoms with Crippen molar-refractivity contribution in [1.82, 2.24) is 4.98 Å². The Balaban J connectivity index is 2.37. The maximum Gasteiger partial charge on any atom is 0.190 e. The van der Waals surface area contributed by atoms with Gasteiger partial charge in [0.25, 0.3) is 0 Å². The van der Waals surface area contributed by atoms with Crippen LogP contribution < -0.4 is 4.90 Å². The molecule has 1 aromatic heterocycles. The van der Waals surface area contributed by atoms with E-state index in [9.17, 15) is 0 Å². The molecule has 0 amide bonds. The molecule has 86 valence electrons. The van der Waals surface area contributed by atoms with Gasteiger partial charge in [0.05, 0.1) is 6.20 Å². The molecule has 0 atom stereocenters. The zero-order chi connectivity index (χ0) is 12.4. The summed E-state index contributed by atoms with van der Waals surface area (Å²) in [5, 5.41) is 9.64. The highest BCUT2D eigenvalue weighted by Gasteiger charge is 2.10. The molecule has 17 heavy (non-hydrogen) atoms. The molecule has 0 unspecified atom stereocenters. The molecule has 0 aliphatic rings. The van der Waals surface area contributed by atoms with E-state index in [-0.39, 0.29) is 0 Å². The van der Waals surface area contributed by atoms with Gasteiger partial charge in [-0.2, -0.15) is 5.26 Å². The maximum atomic E-state index is 8.80. The molecular weight excluding hydrogens is 230 g/mol. The normalized spacial score (nSPS) is 10.0. The first-order valence-corrected chi connectivity index (χ1v) is 6.10. The van der Waals surface area contributed by atoms with E-state index in [4.69, 9.17) is 5.26 Å². The van der Waals surface area contributed by atoms with Gasteiger partial charge in [0.2, 0.25) is 0 Å². The molecule has 1 aromatic carbocycles. The summed E-state index contributed by atoms with van der Waals surface area (Å²) in [5.41, 5.74) is 3.58. The van der Waals surface area contributed by atoms with Crippen LogP contribution in [-0.4, -0.2) is 12.0 Å². The predicted octanol–water partition coefficient (Wildman–Crippen LogP) is 3.40. The van der Waals surface area contributed by atoms with Crippen molar-refractivity contribution in [2.24, 2.45) is 0 Å². The molecule has 0 radical (unpaired) electrons. The Hall–Kier alpha value is -1.86.